The van der Waals surface area contributed by atoms with Gasteiger partial charge in [0.25, 0.3) is 0 Å². The lowest BCUT2D eigenvalue weighted by Crippen LogP contribution is -2.13. The van der Waals surface area contributed by atoms with Crippen molar-refractivity contribution in [2.75, 3.05) is 11.9 Å². The Labute approximate surface area is 124 Å². The summed E-state index contributed by atoms with van der Waals surface area (Å²) in [7, 11) is 2.11. The van der Waals surface area contributed by atoms with Crippen molar-refractivity contribution in [3.63, 3.8) is 0 Å². The minimum Gasteiger partial charge on any atom is -0.385 e. The van der Waals surface area contributed by atoms with E-state index in [1.54, 1.807) is 0 Å². The zero-order valence-electron chi connectivity index (χ0n) is 12.5. The van der Waals surface area contributed by atoms with Crippen molar-refractivity contribution in [2.45, 2.75) is 19.8 Å². The topological polar surface area (TPSA) is 29.9 Å². The van der Waals surface area contributed by atoms with Gasteiger partial charge < -0.3 is 9.88 Å². The van der Waals surface area contributed by atoms with Crippen LogP contribution in [0.5, 0.6) is 0 Å². The fourth-order valence-electron chi connectivity index (χ4n) is 3.27. The molecule has 21 heavy (non-hydrogen) atoms. The van der Waals surface area contributed by atoms with Crippen molar-refractivity contribution in [1.82, 2.24) is 9.55 Å². The molecule has 2 aromatic carbocycles. The van der Waals surface area contributed by atoms with Crippen LogP contribution >= 0.6 is 0 Å². The molecule has 1 aromatic heterocycles. The smallest absolute Gasteiger partial charge is 0.141 e. The van der Waals surface area contributed by atoms with E-state index in [1.165, 1.54) is 34.3 Å². The van der Waals surface area contributed by atoms with Crippen LogP contribution in [0.3, 0.4) is 0 Å². The van der Waals surface area contributed by atoms with E-state index < -0.39 is 0 Å². The second-order valence-electron chi connectivity index (χ2n) is 5.85. The van der Waals surface area contributed by atoms with Crippen LogP contribution in [0.25, 0.3) is 22.4 Å². The van der Waals surface area contributed by atoms with Crippen molar-refractivity contribution in [3.05, 3.63) is 47.5 Å². The summed E-state index contributed by atoms with van der Waals surface area (Å²) in [6.07, 6.45) is 2.31. The molecule has 0 bridgehead atoms. The molecule has 0 saturated heterocycles. The molecular formula is C18H19N3. The molecule has 0 spiro atoms. The summed E-state index contributed by atoms with van der Waals surface area (Å²) in [6, 6.07) is 13.0. The number of hydrogen-bond acceptors (Lipinski definition) is 2. The number of nitrogens with zero attached hydrogens (tertiary/aromatic N) is 2. The van der Waals surface area contributed by atoms with E-state index in [9.17, 15) is 0 Å². The first kappa shape index (κ1) is 12.5. The highest BCUT2D eigenvalue weighted by atomic mass is 15.1. The zero-order valence-corrected chi connectivity index (χ0v) is 12.5. The van der Waals surface area contributed by atoms with Gasteiger partial charge in [0.2, 0.25) is 0 Å². The summed E-state index contributed by atoms with van der Waals surface area (Å²) in [5, 5.41) is 3.50. The predicted octanol–water partition coefficient (Wildman–Crippen LogP) is 3.91. The van der Waals surface area contributed by atoms with Crippen LogP contribution in [0.1, 0.15) is 17.5 Å². The van der Waals surface area contributed by atoms with Gasteiger partial charge in [-0.2, -0.15) is 0 Å². The molecule has 3 heteroatoms. The Bertz CT molecular complexity index is 830. The van der Waals surface area contributed by atoms with Crippen LogP contribution in [0.15, 0.2) is 36.4 Å². The van der Waals surface area contributed by atoms with Crippen molar-refractivity contribution < 1.29 is 0 Å². The molecule has 0 atom stereocenters. The number of nitrogens with one attached hydrogen (secondary N) is 1. The van der Waals surface area contributed by atoms with E-state index in [-0.39, 0.29) is 0 Å². The Hall–Kier alpha value is -2.29. The first-order valence-corrected chi connectivity index (χ1v) is 7.53. The summed E-state index contributed by atoms with van der Waals surface area (Å²) >= 11 is 0. The Morgan fingerprint density at radius 1 is 1.19 bits per heavy atom. The third-order valence-corrected chi connectivity index (χ3v) is 4.37. The van der Waals surface area contributed by atoms with Crippen LogP contribution in [0.2, 0.25) is 0 Å². The predicted molar refractivity (Wildman–Crippen MR) is 87.7 cm³/mol. The van der Waals surface area contributed by atoms with E-state index in [1.807, 2.05) is 0 Å². The van der Waals surface area contributed by atoms with Crippen LogP contribution in [0, 0.1) is 6.92 Å². The monoisotopic (exact) mass is 277 g/mol. The van der Waals surface area contributed by atoms with Crippen molar-refractivity contribution in [2.24, 2.45) is 7.05 Å². The molecule has 0 fully saturated rings. The average molecular weight is 277 g/mol. The van der Waals surface area contributed by atoms with Gasteiger partial charge in [0.15, 0.2) is 0 Å². The lowest BCUT2D eigenvalue weighted by Gasteiger charge is -2.20. The number of benzene rings is 2. The Morgan fingerprint density at radius 2 is 2.10 bits per heavy atom. The van der Waals surface area contributed by atoms with E-state index >= 15 is 0 Å². The highest BCUT2D eigenvalue weighted by Crippen LogP contribution is 2.33. The molecule has 0 unspecified atom stereocenters. The number of aromatic nitrogens is 2. The second-order valence-corrected chi connectivity index (χ2v) is 5.85. The van der Waals surface area contributed by atoms with Gasteiger partial charge in [0, 0.05) is 24.8 Å². The maximum atomic E-state index is 4.89. The van der Waals surface area contributed by atoms with Gasteiger partial charge in [-0.25, -0.2) is 4.98 Å². The van der Waals surface area contributed by atoms with E-state index in [0.29, 0.717) is 0 Å². The molecule has 2 heterocycles. The molecule has 0 amide bonds. The molecule has 0 saturated carbocycles. The molecule has 1 N–H and O–H groups in total. The largest absolute Gasteiger partial charge is 0.385 e. The number of imidazole rings is 1. The molecule has 3 nitrogen and oxygen atoms in total. The molecule has 0 radical (unpaired) electrons. The van der Waals surface area contributed by atoms with Gasteiger partial charge in [-0.3, -0.25) is 0 Å². The third kappa shape index (κ3) is 1.92. The number of anilines is 1. The Balaban J connectivity index is 1.97. The molecule has 0 aliphatic carbocycles. The lowest BCUT2D eigenvalue weighted by molar-refractivity contribution is 0.828. The van der Waals surface area contributed by atoms with Gasteiger partial charge >= 0.3 is 0 Å². The summed E-state index contributed by atoms with van der Waals surface area (Å²) in [6.45, 7) is 3.18. The van der Waals surface area contributed by atoms with E-state index in [4.69, 9.17) is 4.98 Å². The number of rotatable bonds is 1. The van der Waals surface area contributed by atoms with Gasteiger partial charge in [-0.05, 0) is 49.1 Å². The highest BCUT2D eigenvalue weighted by Gasteiger charge is 2.17. The van der Waals surface area contributed by atoms with Crippen LogP contribution in [-0.2, 0) is 13.5 Å². The Morgan fingerprint density at radius 3 is 3.00 bits per heavy atom. The summed E-state index contributed by atoms with van der Waals surface area (Å²) in [5.41, 5.74) is 7.45. The van der Waals surface area contributed by atoms with Crippen LogP contribution < -0.4 is 5.32 Å². The SMILES string of the molecule is Cc1ccc2c(c1)nc(-c1cccc3c1CCCN3)n2C. The quantitative estimate of drug-likeness (QED) is 0.731. The summed E-state index contributed by atoms with van der Waals surface area (Å²) < 4.78 is 2.21. The summed E-state index contributed by atoms with van der Waals surface area (Å²) in [4.78, 5) is 4.89. The van der Waals surface area contributed by atoms with Gasteiger partial charge in [-0.15, -0.1) is 0 Å². The fourth-order valence-corrected chi connectivity index (χ4v) is 3.27. The lowest BCUT2D eigenvalue weighted by atomic mass is 9.97. The fraction of sp³-hybridized carbons (Fsp3) is 0.278. The highest BCUT2D eigenvalue weighted by molar-refractivity contribution is 5.83. The first-order chi connectivity index (χ1) is 10.2. The Kier molecular flexibility index (Phi) is 2.74. The number of fused-ring (bicyclic) bond motifs is 2. The third-order valence-electron chi connectivity index (χ3n) is 4.37. The van der Waals surface area contributed by atoms with Crippen molar-refractivity contribution >= 4 is 16.7 Å². The normalized spacial score (nSPS) is 14.0. The summed E-state index contributed by atoms with van der Waals surface area (Å²) in [5.74, 6) is 1.07. The molecule has 1 aliphatic rings. The maximum absolute atomic E-state index is 4.89. The van der Waals surface area contributed by atoms with Gasteiger partial charge in [0.05, 0.1) is 11.0 Å². The molecule has 1 aliphatic heterocycles. The molecule has 3 aromatic rings. The minimum absolute atomic E-state index is 1.07. The van der Waals surface area contributed by atoms with Crippen molar-refractivity contribution in [3.8, 4) is 11.4 Å². The number of hydrogen-bond donors (Lipinski definition) is 1. The van der Waals surface area contributed by atoms with Gasteiger partial charge in [-0.1, -0.05) is 18.2 Å². The van der Waals surface area contributed by atoms with Crippen LogP contribution in [-0.4, -0.2) is 16.1 Å². The van der Waals surface area contributed by atoms with Gasteiger partial charge in [0.1, 0.15) is 5.82 Å². The minimum atomic E-state index is 1.07. The molecule has 4 rings (SSSR count). The zero-order chi connectivity index (χ0) is 14.4. The van der Waals surface area contributed by atoms with E-state index in [2.05, 4.69) is 60.3 Å². The standard InChI is InChI=1S/C18H19N3/c1-12-8-9-17-16(11-12)20-18(21(17)2)14-5-3-7-15-13(14)6-4-10-19-15/h3,5,7-9,11,19H,4,6,10H2,1-2H3. The maximum Gasteiger partial charge on any atom is 0.141 e. The molecule has 106 valence electrons. The van der Waals surface area contributed by atoms with Crippen molar-refractivity contribution in [1.29, 1.82) is 0 Å². The second kappa shape index (κ2) is 4.62. The number of aryl methyl sites for hydroxylation is 2. The molecular weight excluding hydrogens is 258 g/mol. The van der Waals surface area contributed by atoms with Crippen LogP contribution in [0.4, 0.5) is 5.69 Å². The average Bonchev–Trinajstić information content (AvgIpc) is 2.83. The van der Waals surface area contributed by atoms with E-state index in [0.717, 1.165) is 24.3 Å². The first-order valence-electron chi connectivity index (χ1n) is 7.53.